The van der Waals surface area contributed by atoms with E-state index in [4.69, 9.17) is 4.74 Å². The highest BCUT2D eigenvalue weighted by atomic mass is 16.5. The summed E-state index contributed by atoms with van der Waals surface area (Å²) in [5, 5.41) is 12.3. The minimum Gasteiger partial charge on any atom is -0.497 e. The molecule has 3 rings (SSSR count). The SMILES string of the molecule is COc1ccc(CNC(=O)NC2CCc3n[nH]c(=O)n3CC2)cc1. The first-order valence-corrected chi connectivity index (χ1v) is 7.97. The van der Waals surface area contributed by atoms with Crippen molar-refractivity contribution < 1.29 is 9.53 Å². The summed E-state index contributed by atoms with van der Waals surface area (Å²) in [7, 11) is 1.62. The van der Waals surface area contributed by atoms with E-state index in [9.17, 15) is 9.59 Å². The van der Waals surface area contributed by atoms with Crippen LogP contribution >= 0.6 is 0 Å². The second-order valence-corrected chi connectivity index (χ2v) is 5.80. The lowest BCUT2D eigenvalue weighted by Gasteiger charge is -2.16. The van der Waals surface area contributed by atoms with E-state index in [1.165, 1.54) is 0 Å². The number of carbonyl (C=O) groups is 1. The van der Waals surface area contributed by atoms with Gasteiger partial charge in [-0.2, -0.15) is 5.10 Å². The predicted octanol–water partition coefficient (Wildman–Crippen LogP) is 0.784. The molecule has 0 radical (unpaired) electrons. The Morgan fingerprint density at radius 2 is 2.17 bits per heavy atom. The molecule has 0 bridgehead atoms. The number of methoxy groups -OCH3 is 1. The molecule has 0 saturated carbocycles. The van der Waals surface area contributed by atoms with Crippen LogP contribution in [0, 0.1) is 0 Å². The fraction of sp³-hybridized carbons (Fsp3) is 0.438. The summed E-state index contributed by atoms with van der Waals surface area (Å²) in [6.07, 6.45) is 2.14. The van der Waals surface area contributed by atoms with Gasteiger partial charge in [-0.25, -0.2) is 14.7 Å². The smallest absolute Gasteiger partial charge is 0.343 e. The van der Waals surface area contributed by atoms with Crippen LogP contribution in [0.5, 0.6) is 5.75 Å². The van der Waals surface area contributed by atoms with E-state index in [1.807, 2.05) is 24.3 Å². The van der Waals surface area contributed by atoms with Gasteiger partial charge in [-0.1, -0.05) is 12.1 Å². The zero-order valence-electron chi connectivity index (χ0n) is 13.5. The molecule has 0 aliphatic carbocycles. The molecular formula is C16H21N5O3. The number of fused-ring (bicyclic) bond motifs is 1. The lowest BCUT2D eigenvalue weighted by Crippen LogP contribution is -2.42. The summed E-state index contributed by atoms with van der Waals surface area (Å²) in [5.41, 5.74) is 0.813. The summed E-state index contributed by atoms with van der Waals surface area (Å²) < 4.78 is 6.74. The van der Waals surface area contributed by atoms with Crippen LogP contribution in [0.4, 0.5) is 4.79 Å². The van der Waals surface area contributed by atoms with Crippen LogP contribution in [0.2, 0.25) is 0 Å². The van der Waals surface area contributed by atoms with Crippen molar-refractivity contribution in [2.75, 3.05) is 7.11 Å². The lowest BCUT2D eigenvalue weighted by atomic mass is 10.1. The Morgan fingerprint density at radius 1 is 1.38 bits per heavy atom. The van der Waals surface area contributed by atoms with Gasteiger partial charge < -0.3 is 15.4 Å². The van der Waals surface area contributed by atoms with Crippen molar-refractivity contribution in [2.45, 2.75) is 38.4 Å². The summed E-state index contributed by atoms with van der Waals surface area (Å²) in [6.45, 7) is 1.01. The van der Waals surface area contributed by atoms with Gasteiger partial charge in [0.25, 0.3) is 0 Å². The van der Waals surface area contributed by atoms with Crippen molar-refractivity contribution in [1.29, 1.82) is 0 Å². The Hall–Kier alpha value is -2.77. The maximum atomic E-state index is 12.1. The number of hydrogen-bond donors (Lipinski definition) is 3. The van der Waals surface area contributed by atoms with Gasteiger partial charge in [-0.05, 0) is 30.5 Å². The van der Waals surface area contributed by atoms with Gasteiger partial charge in [-0.3, -0.25) is 4.57 Å². The minimum atomic E-state index is -0.204. The fourth-order valence-electron chi connectivity index (χ4n) is 2.81. The van der Waals surface area contributed by atoms with Crippen molar-refractivity contribution in [3.8, 4) is 5.75 Å². The number of hydrogen-bond acceptors (Lipinski definition) is 4. The predicted molar refractivity (Wildman–Crippen MR) is 87.9 cm³/mol. The molecule has 1 aromatic carbocycles. The van der Waals surface area contributed by atoms with E-state index < -0.39 is 0 Å². The molecular weight excluding hydrogens is 310 g/mol. The average molecular weight is 331 g/mol. The number of nitrogens with zero attached hydrogens (tertiary/aromatic N) is 2. The van der Waals surface area contributed by atoms with Crippen LogP contribution in [0.1, 0.15) is 24.2 Å². The molecule has 1 unspecified atom stereocenters. The summed E-state index contributed by atoms with van der Waals surface area (Å²) in [6, 6.07) is 7.37. The number of aryl methyl sites for hydroxylation is 1. The molecule has 8 heteroatoms. The van der Waals surface area contributed by atoms with Crippen molar-refractivity contribution in [3.05, 3.63) is 46.1 Å². The van der Waals surface area contributed by atoms with Crippen LogP contribution in [-0.4, -0.2) is 33.9 Å². The standard InChI is InChI=1S/C16H21N5O3/c1-24-13-5-2-11(3-6-13)10-17-15(22)18-12-4-7-14-19-20-16(23)21(14)9-8-12/h2-3,5-6,12H,4,7-10H2,1H3,(H,20,23)(H2,17,18,22). The van der Waals surface area contributed by atoms with Crippen molar-refractivity contribution in [2.24, 2.45) is 0 Å². The molecule has 0 saturated heterocycles. The van der Waals surface area contributed by atoms with Gasteiger partial charge in [0.2, 0.25) is 0 Å². The number of aromatic nitrogens is 3. The van der Waals surface area contributed by atoms with E-state index in [1.54, 1.807) is 11.7 Å². The van der Waals surface area contributed by atoms with Crippen LogP contribution in [0.25, 0.3) is 0 Å². The number of amides is 2. The van der Waals surface area contributed by atoms with Crippen LogP contribution < -0.4 is 21.1 Å². The number of aromatic amines is 1. The molecule has 1 aliphatic heterocycles. The molecule has 24 heavy (non-hydrogen) atoms. The first-order chi connectivity index (χ1) is 11.7. The van der Waals surface area contributed by atoms with Gasteiger partial charge in [0.05, 0.1) is 7.11 Å². The lowest BCUT2D eigenvalue weighted by molar-refractivity contribution is 0.235. The first-order valence-electron chi connectivity index (χ1n) is 7.97. The highest BCUT2D eigenvalue weighted by Gasteiger charge is 2.20. The summed E-state index contributed by atoms with van der Waals surface area (Å²) >= 11 is 0. The summed E-state index contributed by atoms with van der Waals surface area (Å²) in [4.78, 5) is 23.6. The Morgan fingerprint density at radius 3 is 2.92 bits per heavy atom. The molecule has 8 nitrogen and oxygen atoms in total. The van der Waals surface area contributed by atoms with Crippen molar-refractivity contribution >= 4 is 6.03 Å². The monoisotopic (exact) mass is 331 g/mol. The zero-order chi connectivity index (χ0) is 16.9. The normalized spacial score (nSPS) is 16.8. The van der Waals surface area contributed by atoms with Gasteiger partial charge in [0.15, 0.2) is 0 Å². The molecule has 1 atom stereocenters. The Balaban J connectivity index is 1.47. The maximum absolute atomic E-state index is 12.1. The second kappa shape index (κ2) is 7.20. The van der Waals surface area contributed by atoms with Gasteiger partial charge >= 0.3 is 11.7 Å². The fourth-order valence-corrected chi connectivity index (χ4v) is 2.81. The molecule has 3 N–H and O–H groups in total. The number of benzene rings is 1. The third-order valence-corrected chi connectivity index (χ3v) is 4.20. The number of urea groups is 1. The molecule has 1 aromatic heterocycles. The number of carbonyl (C=O) groups excluding carboxylic acids is 1. The number of ether oxygens (including phenoxy) is 1. The van der Waals surface area contributed by atoms with Crippen molar-refractivity contribution in [3.63, 3.8) is 0 Å². The molecule has 1 aliphatic rings. The number of rotatable bonds is 4. The molecule has 2 heterocycles. The van der Waals surface area contributed by atoms with Crippen LogP contribution in [-0.2, 0) is 19.5 Å². The second-order valence-electron chi connectivity index (χ2n) is 5.80. The summed E-state index contributed by atoms with van der Waals surface area (Å²) in [5.74, 6) is 1.54. The van der Waals surface area contributed by atoms with E-state index >= 15 is 0 Å². The topological polar surface area (TPSA) is 101 Å². The van der Waals surface area contributed by atoms with Gasteiger partial charge in [0.1, 0.15) is 11.6 Å². The molecule has 2 aromatic rings. The van der Waals surface area contributed by atoms with E-state index in [0.29, 0.717) is 25.9 Å². The van der Waals surface area contributed by atoms with Crippen molar-refractivity contribution in [1.82, 2.24) is 25.4 Å². The van der Waals surface area contributed by atoms with Crippen LogP contribution in [0.3, 0.4) is 0 Å². The highest BCUT2D eigenvalue weighted by Crippen LogP contribution is 2.12. The van der Waals surface area contributed by atoms with Gasteiger partial charge in [0, 0.05) is 25.6 Å². The van der Waals surface area contributed by atoms with E-state index in [2.05, 4.69) is 20.8 Å². The Kier molecular flexibility index (Phi) is 4.83. The average Bonchev–Trinajstić information content (AvgIpc) is 2.83. The molecule has 0 spiro atoms. The van der Waals surface area contributed by atoms with Gasteiger partial charge in [-0.15, -0.1) is 0 Å². The molecule has 2 amide bonds. The first kappa shape index (κ1) is 16.1. The third-order valence-electron chi connectivity index (χ3n) is 4.20. The minimum absolute atomic E-state index is 0.0296. The molecule has 128 valence electrons. The maximum Gasteiger partial charge on any atom is 0.343 e. The van der Waals surface area contributed by atoms with E-state index in [0.717, 1.165) is 23.6 Å². The Labute approximate surface area is 139 Å². The molecule has 0 fully saturated rings. The third kappa shape index (κ3) is 3.76. The highest BCUT2D eigenvalue weighted by molar-refractivity contribution is 5.74. The number of nitrogens with one attached hydrogen (secondary N) is 3. The van der Waals surface area contributed by atoms with E-state index in [-0.39, 0.29) is 17.8 Å². The zero-order valence-corrected chi connectivity index (χ0v) is 13.5. The van der Waals surface area contributed by atoms with Crippen LogP contribution in [0.15, 0.2) is 29.1 Å². The quantitative estimate of drug-likeness (QED) is 0.771. The number of H-pyrrole nitrogens is 1. The largest absolute Gasteiger partial charge is 0.497 e. The Bertz CT molecular complexity index is 750.